The van der Waals surface area contributed by atoms with Gasteiger partial charge in [0.2, 0.25) is 6.29 Å². The lowest BCUT2D eigenvalue weighted by atomic mass is 10.1. The van der Waals surface area contributed by atoms with E-state index in [4.69, 9.17) is 0 Å². The number of halogens is 1. The van der Waals surface area contributed by atoms with Crippen molar-refractivity contribution in [2.45, 2.75) is 18.6 Å². The zero-order valence-corrected chi connectivity index (χ0v) is 8.40. The van der Waals surface area contributed by atoms with Gasteiger partial charge in [-0.15, -0.1) is 0 Å². The highest BCUT2D eigenvalue weighted by molar-refractivity contribution is 5.62. The summed E-state index contributed by atoms with van der Waals surface area (Å²) >= 11 is 0. The Hall–Kier alpha value is -1.22. The second-order valence-electron chi connectivity index (χ2n) is 3.81. The molecule has 1 aliphatic heterocycles. The van der Waals surface area contributed by atoms with Gasteiger partial charge in [-0.1, -0.05) is 30.3 Å². The van der Waals surface area contributed by atoms with Gasteiger partial charge in [0, 0.05) is 13.1 Å². The van der Waals surface area contributed by atoms with E-state index in [1.165, 1.54) is 0 Å². The summed E-state index contributed by atoms with van der Waals surface area (Å²) in [5, 5.41) is 0. The van der Waals surface area contributed by atoms with Gasteiger partial charge in [-0.05, 0) is 12.0 Å². The van der Waals surface area contributed by atoms with Crippen LogP contribution in [0.5, 0.6) is 0 Å². The Morgan fingerprint density at radius 2 is 2.13 bits per heavy atom. The molecule has 79 valence electrons. The molecular formula is C12H13FNO. The van der Waals surface area contributed by atoms with E-state index in [1.807, 2.05) is 41.5 Å². The molecule has 1 fully saturated rings. The van der Waals surface area contributed by atoms with E-state index in [0.29, 0.717) is 19.5 Å². The maximum atomic E-state index is 13.0. The number of nitrogens with zero attached hydrogens (tertiary/aromatic N) is 1. The zero-order chi connectivity index (χ0) is 10.7. The third-order valence-corrected chi connectivity index (χ3v) is 2.75. The summed E-state index contributed by atoms with van der Waals surface area (Å²) in [6, 6.07) is 8.99. The van der Waals surface area contributed by atoms with E-state index in [2.05, 4.69) is 0 Å². The summed E-state index contributed by atoms with van der Waals surface area (Å²) in [6.45, 7) is 0.977. The van der Waals surface area contributed by atoms with E-state index in [-0.39, 0.29) is 0 Å². The summed E-state index contributed by atoms with van der Waals surface area (Å²) in [5.74, 6) is 0. The first-order valence-corrected chi connectivity index (χ1v) is 5.12. The molecule has 1 saturated heterocycles. The molecule has 1 radical (unpaired) electrons. The van der Waals surface area contributed by atoms with E-state index in [9.17, 15) is 9.18 Å². The Kier molecular flexibility index (Phi) is 3.11. The minimum absolute atomic E-state index is 0.342. The van der Waals surface area contributed by atoms with Crippen molar-refractivity contribution in [3.63, 3.8) is 0 Å². The van der Waals surface area contributed by atoms with Crippen molar-refractivity contribution in [2.24, 2.45) is 0 Å². The molecule has 0 amide bonds. The highest BCUT2D eigenvalue weighted by atomic mass is 19.1. The van der Waals surface area contributed by atoms with Gasteiger partial charge in [0.25, 0.3) is 0 Å². The van der Waals surface area contributed by atoms with E-state index in [1.54, 1.807) is 0 Å². The van der Waals surface area contributed by atoms with Crippen LogP contribution in [0.1, 0.15) is 18.0 Å². The van der Waals surface area contributed by atoms with Crippen LogP contribution in [0.15, 0.2) is 30.3 Å². The van der Waals surface area contributed by atoms with Crippen LogP contribution in [-0.2, 0) is 4.79 Å². The second kappa shape index (κ2) is 4.53. The first-order chi connectivity index (χ1) is 7.31. The van der Waals surface area contributed by atoms with Gasteiger partial charge >= 0.3 is 0 Å². The largest absolute Gasteiger partial charge is 0.289 e. The third kappa shape index (κ3) is 2.23. The number of likely N-dealkylation sites (tertiary alicyclic amines) is 1. The van der Waals surface area contributed by atoms with Crippen molar-refractivity contribution >= 4 is 6.29 Å². The normalized spacial score (nSPS) is 23.9. The standard InChI is InChI=1S/C12H13FNO/c13-11-6-7-14(8-11)12(9-15)10-4-2-1-3-5-10/h1-5,11-12H,6-8H2. The molecule has 1 heterocycles. The number of rotatable bonds is 3. The molecular weight excluding hydrogens is 193 g/mol. The van der Waals surface area contributed by atoms with Crippen LogP contribution in [-0.4, -0.2) is 30.4 Å². The molecule has 15 heavy (non-hydrogen) atoms. The second-order valence-corrected chi connectivity index (χ2v) is 3.81. The fourth-order valence-corrected chi connectivity index (χ4v) is 1.97. The molecule has 0 aliphatic carbocycles. The van der Waals surface area contributed by atoms with Gasteiger partial charge in [0.1, 0.15) is 12.2 Å². The topological polar surface area (TPSA) is 20.3 Å². The van der Waals surface area contributed by atoms with Gasteiger partial charge in [0.05, 0.1) is 0 Å². The van der Waals surface area contributed by atoms with Crippen LogP contribution >= 0.6 is 0 Å². The molecule has 2 unspecified atom stereocenters. The van der Waals surface area contributed by atoms with Crippen LogP contribution < -0.4 is 0 Å². The fourth-order valence-electron chi connectivity index (χ4n) is 1.97. The third-order valence-electron chi connectivity index (χ3n) is 2.75. The van der Waals surface area contributed by atoms with Crippen molar-refractivity contribution in [1.82, 2.24) is 4.90 Å². The average molecular weight is 206 g/mol. The van der Waals surface area contributed by atoms with Gasteiger partial charge in [-0.2, -0.15) is 0 Å². The Balaban J connectivity index is 2.14. The summed E-state index contributed by atoms with van der Waals surface area (Å²) in [6.07, 6.45) is 1.71. The molecule has 1 aromatic carbocycles. The summed E-state index contributed by atoms with van der Waals surface area (Å²) in [5.41, 5.74) is 0.890. The first-order valence-electron chi connectivity index (χ1n) is 5.12. The van der Waals surface area contributed by atoms with Crippen LogP contribution in [0.2, 0.25) is 0 Å². The number of hydrogen-bond donors (Lipinski definition) is 0. The first kappa shape index (κ1) is 10.3. The minimum Gasteiger partial charge on any atom is -0.289 e. The predicted molar refractivity (Wildman–Crippen MR) is 56.0 cm³/mol. The predicted octanol–water partition coefficient (Wildman–Crippen LogP) is 1.88. The average Bonchev–Trinajstić information content (AvgIpc) is 2.68. The summed E-state index contributed by atoms with van der Waals surface area (Å²) < 4.78 is 13.0. The molecule has 2 nitrogen and oxygen atoms in total. The molecule has 0 bridgehead atoms. The smallest absolute Gasteiger partial charge is 0.222 e. The van der Waals surface area contributed by atoms with Crippen LogP contribution in [0, 0.1) is 0 Å². The highest BCUT2D eigenvalue weighted by Gasteiger charge is 2.29. The van der Waals surface area contributed by atoms with Crippen molar-refractivity contribution in [1.29, 1.82) is 0 Å². The molecule has 1 aliphatic rings. The van der Waals surface area contributed by atoms with E-state index in [0.717, 1.165) is 5.56 Å². The number of alkyl halides is 1. The van der Waals surface area contributed by atoms with Crippen molar-refractivity contribution < 1.29 is 9.18 Å². The van der Waals surface area contributed by atoms with Crippen molar-refractivity contribution in [2.75, 3.05) is 13.1 Å². The maximum absolute atomic E-state index is 13.0. The summed E-state index contributed by atoms with van der Waals surface area (Å²) in [4.78, 5) is 12.8. The molecule has 2 rings (SSSR count). The van der Waals surface area contributed by atoms with Crippen LogP contribution in [0.25, 0.3) is 0 Å². The molecule has 2 atom stereocenters. The quantitative estimate of drug-likeness (QED) is 0.752. The van der Waals surface area contributed by atoms with Crippen LogP contribution in [0.4, 0.5) is 4.39 Å². The maximum Gasteiger partial charge on any atom is 0.222 e. The lowest BCUT2D eigenvalue weighted by Gasteiger charge is -2.21. The Bertz CT molecular complexity index is 328. The van der Waals surface area contributed by atoms with Crippen molar-refractivity contribution in [3.05, 3.63) is 35.9 Å². The highest BCUT2D eigenvalue weighted by Crippen LogP contribution is 2.24. The molecule has 1 aromatic rings. The van der Waals surface area contributed by atoms with Crippen molar-refractivity contribution in [3.8, 4) is 0 Å². The zero-order valence-electron chi connectivity index (χ0n) is 8.40. The molecule has 0 saturated carbocycles. The number of hydrogen-bond acceptors (Lipinski definition) is 2. The molecule has 3 heteroatoms. The van der Waals surface area contributed by atoms with Gasteiger partial charge in [-0.25, -0.2) is 4.39 Å². The monoisotopic (exact) mass is 206 g/mol. The summed E-state index contributed by atoms with van der Waals surface area (Å²) in [7, 11) is 0. The Labute approximate surface area is 88.7 Å². The Morgan fingerprint density at radius 3 is 2.67 bits per heavy atom. The van der Waals surface area contributed by atoms with E-state index >= 15 is 0 Å². The molecule has 0 spiro atoms. The minimum atomic E-state index is -0.801. The van der Waals surface area contributed by atoms with Gasteiger partial charge < -0.3 is 0 Å². The number of benzene rings is 1. The van der Waals surface area contributed by atoms with Gasteiger partial charge in [0.15, 0.2) is 0 Å². The SMILES string of the molecule is O=[C]C(c1ccccc1)N1CCC(F)C1. The van der Waals surface area contributed by atoms with Gasteiger partial charge in [-0.3, -0.25) is 9.69 Å². The lowest BCUT2D eigenvalue weighted by molar-refractivity contribution is 0.260. The lowest BCUT2D eigenvalue weighted by Crippen LogP contribution is -2.27. The van der Waals surface area contributed by atoms with Crippen LogP contribution in [0.3, 0.4) is 0 Å². The molecule has 0 N–H and O–H groups in total. The van der Waals surface area contributed by atoms with E-state index < -0.39 is 12.2 Å². The number of carbonyl (C=O) groups excluding carboxylic acids is 1. The fraction of sp³-hybridized carbons (Fsp3) is 0.417. The molecule has 0 aromatic heterocycles. The Morgan fingerprint density at radius 1 is 1.40 bits per heavy atom.